The number of carbonyl (C=O) groups excluding carboxylic acids is 2. The second-order valence-corrected chi connectivity index (χ2v) is 11.0. The molecule has 1 saturated heterocycles. The molecule has 164 valence electrons. The molecule has 2 heterocycles. The van der Waals surface area contributed by atoms with Gasteiger partial charge in [-0.05, 0) is 36.5 Å². The number of benzene rings is 1. The highest BCUT2D eigenvalue weighted by atomic mass is 35.5. The first-order valence-electron chi connectivity index (χ1n) is 9.69. The van der Waals surface area contributed by atoms with Gasteiger partial charge in [0.1, 0.15) is 16.7 Å². The summed E-state index contributed by atoms with van der Waals surface area (Å²) >= 11 is 6.05. The normalized spacial score (nSPS) is 18.5. The highest BCUT2D eigenvalue weighted by molar-refractivity contribution is 7.89. The minimum absolute atomic E-state index is 0.0175. The Hall–Kier alpha value is -2.10. The Morgan fingerprint density at radius 1 is 1.33 bits per heavy atom. The number of primary amides is 1. The molecule has 30 heavy (non-hydrogen) atoms. The maximum atomic E-state index is 13.5. The smallest absolute Gasteiger partial charge is 0.306 e. The van der Waals surface area contributed by atoms with Gasteiger partial charge in [0.25, 0.3) is 5.91 Å². The molecular weight excluding hydrogens is 430 g/mol. The zero-order valence-corrected chi connectivity index (χ0v) is 18.8. The van der Waals surface area contributed by atoms with Crippen molar-refractivity contribution in [2.45, 2.75) is 51.0 Å². The van der Waals surface area contributed by atoms with Gasteiger partial charge in [-0.1, -0.05) is 32.4 Å². The van der Waals surface area contributed by atoms with Crippen LogP contribution in [0.15, 0.2) is 23.1 Å². The van der Waals surface area contributed by atoms with Crippen LogP contribution in [-0.4, -0.2) is 48.8 Å². The third-order valence-corrected chi connectivity index (χ3v) is 7.06. The highest BCUT2D eigenvalue weighted by Crippen LogP contribution is 2.33. The lowest BCUT2D eigenvalue weighted by atomic mass is 9.92. The summed E-state index contributed by atoms with van der Waals surface area (Å²) in [5.41, 5.74) is 5.46. The molecule has 3 N–H and O–H groups in total. The number of amides is 1. The zero-order valence-electron chi connectivity index (χ0n) is 17.2. The van der Waals surface area contributed by atoms with Gasteiger partial charge < -0.3 is 15.5 Å². The fraction of sp³-hybridized carbons (Fsp3) is 0.500. The van der Waals surface area contributed by atoms with E-state index < -0.39 is 22.0 Å². The Labute approximate surface area is 180 Å². The van der Waals surface area contributed by atoms with Crippen LogP contribution < -0.4 is 5.73 Å². The number of halogens is 1. The molecule has 0 radical (unpaired) electrons. The average Bonchev–Trinajstić information content (AvgIpc) is 3.00. The SMILES string of the molecule is CC(C)(C)CC(=O)OC1CCCN(S(=O)(=O)c2c(C(N)=O)[nH]c3ccc(Cl)cc23)C1. The molecule has 3 rings (SSSR count). The van der Waals surface area contributed by atoms with Crippen LogP contribution >= 0.6 is 11.6 Å². The quantitative estimate of drug-likeness (QED) is 0.671. The first kappa shape index (κ1) is 22.6. The van der Waals surface area contributed by atoms with E-state index in [1.165, 1.54) is 10.4 Å². The van der Waals surface area contributed by atoms with E-state index in [-0.39, 0.29) is 41.5 Å². The number of ether oxygens (including phenoxy) is 1. The lowest BCUT2D eigenvalue weighted by molar-refractivity contribution is -0.152. The number of sulfonamides is 1. The van der Waals surface area contributed by atoms with Crippen molar-refractivity contribution in [1.29, 1.82) is 0 Å². The van der Waals surface area contributed by atoms with Gasteiger partial charge >= 0.3 is 5.97 Å². The van der Waals surface area contributed by atoms with Crippen molar-refractivity contribution in [1.82, 2.24) is 9.29 Å². The van der Waals surface area contributed by atoms with Crippen LogP contribution in [0.3, 0.4) is 0 Å². The van der Waals surface area contributed by atoms with Crippen LogP contribution in [0.2, 0.25) is 5.02 Å². The van der Waals surface area contributed by atoms with Crippen LogP contribution in [0.5, 0.6) is 0 Å². The Morgan fingerprint density at radius 3 is 2.67 bits per heavy atom. The lowest BCUT2D eigenvalue weighted by Gasteiger charge is -2.32. The number of esters is 1. The van der Waals surface area contributed by atoms with Crippen LogP contribution in [0.1, 0.15) is 50.5 Å². The summed E-state index contributed by atoms with van der Waals surface area (Å²) < 4.78 is 33.7. The molecule has 8 nitrogen and oxygen atoms in total. The third kappa shape index (κ3) is 4.79. The number of hydrogen-bond acceptors (Lipinski definition) is 5. The molecule has 0 aliphatic carbocycles. The fourth-order valence-corrected chi connectivity index (χ4v) is 5.61. The maximum Gasteiger partial charge on any atom is 0.306 e. The highest BCUT2D eigenvalue weighted by Gasteiger charge is 2.36. The van der Waals surface area contributed by atoms with E-state index in [4.69, 9.17) is 22.1 Å². The predicted molar refractivity (Wildman–Crippen MR) is 114 cm³/mol. The number of H-pyrrole nitrogens is 1. The van der Waals surface area contributed by atoms with Gasteiger partial charge in [0, 0.05) is 22.5 Å². The monoisotopic (exact) mass is 455 g/mol. The van der Waals surface area contributed by atoms with Crippen molar-refractivity contribution < 1.29 is 22.7 Å². The first-order valence-corrected chi connectivity index (χ1v) is 11.5. The molecule has 0 spiro atoms. The second kappa shape index (κ2) is 8.20. The van der Waals surface area contributed by atoms with Crippen LogP contribution in [0, 0.1) is 5.41 Å². The first-order chi connectivity index (χ1) is 13.9. The van der Waals surface area contributed by atoms with Gasteiger partial charge in [-0.3, -0.25) is 9.59 Å². The summed E-state index contributed by atoms with van der Waals surface area (Å²) in [6.45, 7) is 6.06. The molecule has 0 saturated carbocycles. The number of aromatic amines is 1. The average molecular weight is 456 g/mol. The fourth-order valence-electron chi connectivity index (χ4n) is 3.59. The molecule has 1 aliphatic rings. The minimum Gasteiger partial charge on any atom is -0.461 e. The largest absolute Gasteiger partial charge is 0.461 e. The summed E-state index contributed by atoms with van der Waals surface area (Å²) in [6, 6.07) is 4.67. The van der Waals surface area contributed by atoms with Gasteiger partial charge in [-0.25, -0.2) is 8.42 Å². The molecule has 1 unspecified atom stereocenters. The van der Waals surface area contributed by atoms with Gasteiger partial charge in [-0.15, -0.1) is 0 Å². The molecule has 10 heteroatoms. The van der Waals surface area contributed by atoms with E-state index in [1.54, 1.807) is 12.1 Å². The van der Waals surface area contributed by atoms with E-state index in [0.29, 0.717) is 28.8 Å². The van der Waals surface area contributed by atoms with E-state index in [2.05, 4.69) is 4.98 Å². The number of aromatic nitrogens is 1. The molecule has 1 fully saturated rings. The number of nitrogens with two attached hydrogens (primary N) is 1. The number of hydrogen-bond donors (Lipinski definition) is 2. The topological polar surface area (TPSA) is 123 Å². The molecule has 0 bridgehead atoms. The van der Waals surface area contributed by atoms with Crippen molar-refractivity contribution in [3.05, 3.63) is 28.9 Å². The van der Waals surface area contributed by atoms with Gasteiger partial charge in [-0.2, -0.15) is 4.31 Å². The lowest BCUT2D eigenvalue weighted by Crippen LogP contribution is -2.44. The summed E-state index contributed by atoms with van der Waals surface area (Å²) in [6.07, 6.45) is 0.795. The van der Waals surface area contributed by atoms with E-state index in [0.717, 1.165) is 0 Å². The number of rotatable bonds is 5. The number of piperidine rings is 1. The summed E-state index contributed by atoms with van der Waals surface area (Å²) in [5, 5.41) is 0.629. The number of nitrogens with one attached hydrogen (secondary N) is 1. The number of nitrogens with zero attached hydrogens (tertiary/aromatic N) is 1. The minimum atomic E-state index is -4.09. The van der Waals surface area contributed by atoms with E-state index >= 15 is 0 Å². The van der Waals surface area contributed by atoms with Crippen molar-refractivity contribution in [3.8, 4) is 0 Å². The Kier molecular flexibility index (Phi) is 6.18. The molecular formula is C20H26ClN3O5S. The van der Waals surface area contributed by atoms with E-state index in [9.17, 15) is 18.0 Å². The molecule has 1 atom stereocenters. The third-order valence-electron chi connectivity index (χ3n) is 4.87. The van der Waals surface area contributed by atoms with Gasteiger partial charge in [0.2, 0.25) is 10.0 Å². The Balaban J connectivity index is 1.92. The van der Waals surface area contributed by atoms with Crippen LogP contribution in [0.4, 0.5) is 0 Å². The van der Waals surface area contributed by atoms with E-state index in [1.807, 2.05) is 20.8 Å². The second-order valence-electron chi connectivity index (χ2n) is 8.74. The molecule has 1 amide bonds. The Morgan fingerprint density at radius 2 is 2.03 bits per heavy atom. The van der Waals surface area contributed by atoms with Crippen molar-refractivity contribution in [3.63, 3.8) is 0 Å². The van der Waals surface area contributed by atoms with Gasteiger partial charge in [0.15, 0.2) is 0 Å². The molecule has 2 aromatic rings. The molecule has 1 aromatic carbocycles. The standard InChI is InChI=1S/C20H26ClN3O5S/c1-20(2,3)10-16(25)29-13-5-4-8-24(11-13)30(27,28)18-14-9-12(21)6-7-15(14)23-17(18)19(22)26/h6-7,9,13,23H,4-5,8,10-11H2,1-3H3,(H2,22,26). The maximum absolute atomic E-state index is 13.5. The van der Waals surface area contributed by atoms with Crippen LogP contribution in [0.25, 0.3) is 10.9 Å². The molecule has 1 aromatic heterocycles. The van der Waals surface area contributed by atoms with Crippen molar-refractivity contribution in [2.75, 3.05) is 13.1 Å². The van der Waals surface area contributed by atoms with Gasteiger partial charge in [0.05, 0.1) is 13.0 Å². The summed E-state index contributed by atoms with van der Waals surface area (Å²) in [4.78, 5) is 26.7. The van der Waals surface area contributed by atoms with Crippen molar-refractivity contribution in [2.24, 2.45) is 11.1 Å². The number of carbonyl (C=O) groups is 2. The van der Waals surface area contributed by atoms with Crippen molar-refractivity contribution >= 4 is 44.4 Å². The Bertz CT molecular complexity index is 1090. The molecule has 1 aliphatic heterocycles. The summed E-state index contributed by atoms with van der Waals surface area (Å²) in [5.74, 6) is -1.24. The van der Waals surface area contributed by atoms with Crippen LogP contribution in [-0.2, 0) is 19.6 Å². The predicted octanol–water partition coefficient (Wildman–Crippen LogP) is 3.05. The zero-order chi connectivity index (χ0) is 22.3. The summed E-state index contributed by atoms with van der Waals surface area (Å²) in [7, 11) is -4.09. The number of fused-ring (bicyclic) bond motifs is 1.